The minimum atomic E-state index is 0.274. The molecule has 1 fully saturated rings. The molecular weight excluding hydrogens is 360 g/mol. The van der Waals surface area contributed by atoms with Crippen molar-refractivity contribution in [3.63, 3.8) is 0 Å². The van der Waals surface area contributed by atoms with Crippen LogP contribution in [0.1, 0.15) is 18.5 Å². The third-order valence-electron chi connectivity index (χ3n) is 5.07. The van der Waals surface area contributed by atoms with Crippen LogP contribution < -0.4 is 15.1 Å². The lowest BCUT2D eigenvalue weighted by atomic mass is 10.1. The fraction of sp³-hybridized carbons (Fsp3) is 0.412. The molecule has 4 rings (SSSR count). The summed E-state index contributed by atoms with van der Waals surface area (Å²) < 4.78 is 1.55. The number of aromatic nitrogens is 6. The molecule has 0 saturated carbocycles. The summed E-state index contributed by atoms with van der Waals surface area (Å²) >= 11 is 0. The maximum atomic E-state index is 9.58. The highest BCUT2D eigenvalue weighted by Gasteiger charge is 2.20. The topological polar surface area (TPSA) is 120 Å². The first kappa shape index (κ1) is 18.0. The Bertz CT molecular complexity index is 963. The van der Waals surface area contributed by atoms with Gasteiger partial charge in [0.05, 0.1) is 11.9 Å². The molecule has 0 aromatic carbocycles. The molecule has 0 amide bonds. The number of rotatable bonds is 4. The van der Waals surface area contributed by atoms with E-state index in [0.29, 0.717) is 17.4 Å². The normalized spacial score (nSPS) is 15.7. The Morgan fingerprint density at radius 3 is 2.68 bits per heavy atom. The number of anilines is 2. The molecule has 28 heavy (non-hydrogen) atoms. The van der Waals surface area contributed by atoms with Crippen molar-refractivity contribution in [3.8, 4) is 0 Å². The highest BCUT2D eigenvalue weighted by molar-refractivity contribution is 6.07. The van der Waals surface area contributed by atoms with Crippen molar-refractivity contribution < 1.29 is 5.21 Å². The van der Waals surface area contributed by atoms with E-state index in [9.17, 15) is 5.21 Å². The summed E-state index contributed by atoms with van der Waals surface area (Å²) in [5, 5.41) is 36.4. The molecule has 3 aromatic rings. The van der Waals surface area contributed by atoms with Crippen LogP contribution in [0.4, 0.5) is 11.5 Å². The van der Waals surface area contributed by atoms with Gasteiger partial charge in [-0.3, -0.25) is 0 Å². The number of piperidine rings is 1. The van der Waals surface area contributed by atoms with Gasteiger partial charge in [-0.1, -0.05) is 5.16 Å². The maximum Gasteiger partial charge on any atom is 0.200 e. The summed E-state index contributed by atoms with van der Waals surface area (Å²) in [7, 11) is 3.81. The lowest BCUT2D eigenvalue weighted by Crippen LogP contribution is -2.41. The van der Waals surface area contributed by atoms with Crippen LogP contribution in [0.3, 0.4) is 0 Å². The Morgan fingerprint density at radius 1 is 1.14 bits per heavy atom. The smallest absolute Gasteiger partial charge is 0.200 e. The Morgan fingerprint density at radius 2 is 1.96 bits per heavy atom. The summed E-state index contributed by atoms with van der Waals surface area (Å²) in [6.07, 6.45) is 3.89. The van der Waals surface area contributed by atoms with Crippen LogP contribution in [0.15, 0.2) is 35.6 Å². The number of nitrogens with one attached hydrogen (secondary N) is 1. The van der Waals surface area contributed by atoms with Gasteiger partial charge in [0.25, 0.3) is 0 Å². The third-order valence-corrected chi connectivity index (χ3v) is 5.07. The number of nitrogens with zero attached hydrogens (tertiary/aromatic N) is 9. The van der Waals surface area contributed by atoms with Crippen molar-refractivity contribution in [2.45, 2.75) is 18.9 Å². The molecule has 0 aliphatic carbocycles. The zero-order valence-electron chi connectivity index (χ0n) is 15.8. The molecule has 1 saturated heterocycles. The first-order valence-corrected chi connectivity index (χ1v) is 9.08. The van der Waals surface area contributed by atoms with Crippen LogP contribution in [0.25, 0.3) is 5.65 Å². The van der Waals surface area contributed by atoms with E-state index in [2.05, 4.69) is 41.1 Å². The maximum absolute atomic E-state index is 9.58. The molecule has 2 N–H and O–H groups in total. The van der Waals surface area contributed by atoms with E-state index in [0.717, 1.165) is 37.4 Å². The second-order valence-corrected chi connectivity index (χ2v) is 6.72. The van der Waals surface area contributed by atoms with Crippen molar-refractivity contribution in [2.24, 2.45) is 5.16 Å². The van der Waals surface area contributed by atoms with E-state index in [1.54, 1.807) is 34.8 Å². The number of amidine groups is 1. The Kier molecular flexibility index (Phi) is 4.98. The minimum Gasteiger partial charge on any atom is -0.409 e. The number of tetrazole rings is 1. The molecule has 4 heterocycles. The van der Waals surface area contributed by atoms with Crippen LogP contribution in [-0.4, -0.2) is 74.5 Å². The summed E-state index contributed by atoms with van der Waals surface area (Å²) in [6, 6.07) is 7.76. The zero-order valence-corrected chi connectivity index (χ0v) is 15.8. The number of pyridine rings is 1. The van der Waals surface area contributed by atoms with Crippen molar-refractivity contribution in [2.75, 3.05) is 37.0 Å². The minimum absolute atomic E-state index is 0.274. The quantitative estimate of drug-likeness (QED) is 0.285. The first-order chi connectivity index (χ1) is 13.7. The highest BCUT2D eigenvalue weighted by Crippen LogP contribution is 2.19. The molecule has 0 spiro atoms. The van der Waals surface area contributed by atoms with Gasteiger partial charge in [-0.15, -0.1) is 15.3 Å². The first-order valence-electron chi connectivity index (χ1n) is 9.08. The second-order valence-electron chi connectivity index (χ2n) is 6.72. The molecule has 0 bridgehead atoms. The Balaban J connectivity index is 1.54. The van der Waals surface area contributed by atoms with E-state index in [1.165, 1.54) is 0 Å². The Hall–Kier alpha value is -3.34. The average Bonchev–Trinajstić information content (AvgIpc) is 3.22. The second kappa shape index (κ2) is 7.72. The lowest BCUT2D eigenvalue weighted by Gasteiger charge is -2.32. The number of hydrogen-bond acceptors (Lipinski definition) is 9. The molecule has 11 heteroatoms. The average molecular weight is 382 g/mol. The number of oxime groups is 1. The van der Waals surface area contributed by atoms with Crippen LogP contribution in [0, 0.1) is 0 Å². The summed E-state index contributed by atoms with van der Waals surface area (Å²) in [5.74, 6) is 1.07. The Labute approximate surface area is 161 Å². The summed E-state index contributed by atoms with van der Waals surface area (Å²) in [6.45, 7) is 2.02. The van der Waals surface area contributed by atoms with E-state index in [1.807, 2.05) is 19.2 Å². The highest BCUT2D eigenvalue weighted by atomic mass is 16.4. The van der Waals surface area contributed by atoms with Gasteiger partial charge in [-0.2, -0.15) is 4.52 Å². The van der Waals surface area contributed by atoms with E-state index >= 15 is 0 Å². The van der Waals surface area contributed by atoms with Crippen molar-refractivity contribution >= 4 is 23.0 Å². The molecule has 146 valence electrons. The molecule has 11 nitrogen and oxygen atoms in total. The van der Waals surface area contributed by atoms with Crippen molar-refractivity contribution in [3.05, 3.63) is 36.2 Å². The fourth-order valence-electron chi connectivity index (χ4n) is 3.35. The summed E-state index contributed by atoms with van der Waals surface area (Å²) in [4.78, 5) is 3.85. The van der Waals surface area contributed by atoms with Crippen LogP contribution in [0.5, 0.6) is 0 Å². The van der Waals surface area contributed by atoms with E-state index in [-0.39, 0.29) is 5.84 Å². The molecule has 1 aliphatic heterocycles. The van der Waals surface area contributed by atoms with Crippen molar-refractivity contribution in [1.82, 2.24) is 35.6 Å². The van der Waals surface area contributed by atoms with Gasteiger partial charge in [-0.25, -0.2) is 0 Å². The predicted octanol–water partition coefficient (Wildman–Crippen LogP) is 0.375. The van der Waals surface area contributed by atoms with Crippen LogP contribution in [0.2, 0.25) is 0 Å². The molecule has 3 aromatic heterocycles. The van der Waals surface area contributed by atoms with Crippen LogP contribution in [-0.2, 0) is 0 Å². The fourth-order valence-corrected chi connectivity index (χ4v) is 3.35. The van der Waals surface area contributed by atoms with E-state index in [4.69, 9.17) is 0 Å². The van der Waals surface area contributed by atoms with Gasteiger partial charge in [0, 0.05) is 20.1 Å². The number of hydrogen-bond donors (Lipinski definition) is 2. The van der Waals surface area contributed by atoms with Gasteiger partial charge >= 0.3 is 0 Å². The van der Waals surface area contributed by atoms with Gasteiger partial charge < -0.3 is 20.3 Å². The third kappa shape index (κ3) is 3.43. The summed E-state index contributed by atoms with van der Waals surface area (Å²) in [5.41, 5.74) is 1.83. The largest absolute Gasteiger partial charge is 0.409 e. The molecule has 0 atom stereocenters. The predicted molar refractivity (Wildman–Crippen MR) is 104 cm³/mol. The van der Waals surface area contributed by atoms with Crippen LogP contribution >= 0.6 is 0 Å². The van der Waals surface area contributed by atoms with E-state index < -0.39 is 0 Å². The van der Waals surface area contributed by atoms with Gasteiger partial charge in [-0.05, 0) is 60.6 Å². The molecule has 1 aliphatic rings. The van der Waals surface area contributed by atoms with Gasteiger partial charge in [0.15, 0.2) is 17.3 Å². The van der Waals surface area contributed by atoms with Gasteiger partial charge in [0.1, 0.15) is 5.69 Å². The zero-order chi connectivity index (χ0) is 19.5. The molecular formula is C17H22N10O. The van der Waals surface area contributed by atoms with Gasteiger partial charge in [0.2, 0.25) is 0 Å². The SMILES string of the molecule is CN(/C(=N/O)c1ccc(N(C)C2CCNCC2)nn1)c1ccc2nnnn2c1. The number of fused-ring (bicyclic) bond motifs is 1. The lowest BCUT2D eigenvalue weighted by molar-refractivity contribution is 0.318. The van der Waals surface area contributed by atoms with Crippen molar-refractivity contribution in [1.29, 1.82) is 0 Å². The standard InChI is InChI=1S/C17H22N10O/c1-25(12-7-9-18-10-8-12)15-6-4-14(19-20-15)17(22-28)26(2)13-3-5-16-21-23-24-27(16)11-13/h3-6,11-12,18,28H,7-10H2,1-2H3/b22-17+. The monoisotopic (exact) mass is 382 g/mol. The molecule has 0 radical (unpaired) electrons. The molecule has 0 unspecified atom stereocenters.